The lowest BCUT2D eigenvalue weighted by Crippen LogP contribution is -2.27. The lowest BCUT2D eigenvalue weighted by Gasteiger charge is -2.25. The molecule has 0 saturated heterocycles. The van der Waals surface area contributed by atoms with Gasteiger partial charge in [0.05, 0.1) is 5.33 Å². The van der Waals surface area contributed by atoms with Gasteiger partial charge >= 0.3 is 0 Å². The summed E-state index contributed by atoms with van der Waals surface area (Å²) in [6.45, 7) is 4.10. The number of hydrogen-bond acceptors (Lipinski definition) is 3. The van der Waals surface area contributed by atoms with Crippen molar-refractivity contribution in [1.29, 1.82) is 0 Å². The molecular weight excluding hydrogens is 246 g/mol. The third-order valence-electron chi connectivity index (χ3n) is 2.68. The van der Waals surface area contributed by atoms with Crippen LogP contribution < -0.4 is 0 Å². The van der Waals surface area contributed by atoms with Gasteiger partial charge in [0.25, 0.3) is 0 Å². The van der Waals surface area contributed by atoms with Crippen LogP contribution in [-0.4, -0.2) is 21.9 Å². The van der Waals surface area contributed by atoms with E-state index in [1.165, 1.54) is 0 Å². The standard InChI is InChI=1S/C9H16BrN3O/c1-5-9(2,14-4)8-12-11-7(6-10)13(8)3/h5-6H2,1-4H3. The van der Waals surface area contributed by atoms with Crippen molar-refractivity contribution in [3.63, 3.8) is 0 Å². The summed E-state index contributed by atoms with van der Waals surface area (Å²) >= 11 is 3.37. The minimum Gasteiger partial charge on any atom is -0.371 e. The first-order valence-electron chi connectivity index (χ1n) is 4.59. The van der Waals surface area contributed by atoms with Crippen molar-refractivity contribution < 1.29 is 4.74 Å². The van der Waals surface area contributed by atoms with Crippen molar-refractivity contribution in [2.45, 2.75) is 31.2 Å². The zero-order valence-electron chi connectivity index (χ0n) is 9.04. The fourth-order valence-electron chi connectivity index (χ4n) is 1.33. The van der Waals surface area contributed by atoms with E-state index < -0.39 is 0 Å². The highest BCUT2D eigenvalue weighted by Crippen LogP contribution is 2.26. The Morgan fingerprint density at radius 2 is 2.14 bits per heavy atom. The largest absolute Gasteiger partial charge is 0.371 e. The molecule has 0 aliphatic rings. The number of aromatic nitrogens is 3. The molecule has 0 aliphatic heterocycles. The lowest BCUT2D eigenvalue weighted by atomic mass is 10.0. The quantitative estimate of drug-likeness (QED) is 0.779. The van der Waals surface area contributed by atoms with Gasteiger partial charge in [0, 0.05) is 14.2 Å². The third kappa shape index (κ3) is 1.83. The average Bonchev–Trinajstić information content (AvgIpc) is 2.59. The maximum Gasteiger partial charge on any atom is 0.164 e. The minimum atomic E-state index is -0.345. The van der Waals surface area contributed by atoms with Gasteiger partial charge in [-0.05, 0) is 13.3 Å². The highest BCUT2D eigenvalue weighted by molar-refractivity contribution is 9.08. The highest BCUT2D eigenvalue weighted by Gasteiger charge is 2.30. The maximum absolute atomic E-state index is 5.47. The molecule has 0 fully saturated rings. The molecule has 0 bridgehead atoms. The zero-order valence-corrected chi connectivity index (χ0v) is 10.6. The molecule has 0 saturated carbocycles. The topological polar surface area (TPSA) is 39.9 Å². The molecule has 0 N–H and O–H groups in total. The zero-order chi connectivity index (χ0) is 10.8. The number of methoxy groups -OCH3 is 1. The predicted molar refractivity (Wildman–Crippen MR) is 58.3 cm³/mol. The lowest BCUT2D eigenvalue weighted by molar-refractivity contribution is -0.0115. The van der Waals surface area contributed by atoms with E-state index in [2.05, 4.69) is 33.1 Å². The van der Waals surface area contributed by atoms with E-state index in [4.69, 9.17) is 4.74 Å². The molecule has 1 aromatic heterocycles. The maximum atomic E-state index is 5.47. The number of ether oxygens (including phenoxy) is 1. The van der Waals surface area contributed by atoms with Crippen LogP contribution in [0, 0.1) is 0 Å². The van der Waals surface area contributed by atoms with E-state index in [0.29, 0.717) is 5.33 Å². The Hall–Kier alpha value is -0.420. The number of rotatable bonds is 4. The van der Waals surface area contributed by atoms with Crippen LogP contribution in [0.3, 0.4) is 0 Å². The van der Waals surface area contributed by atoms with Crippen molar-refractivity contribution in [1.82, 2.24) is 14.8 Å². The van der Waals surface area contributed by atoms with Gasteiger partial charge < -0.3 is 9.30 Å². The normalized spacial score (nSPS) is 15.5. The molecule has 5 heteroatoms. The summed E-state index contributed by atoms with van der Waals surface area (Å²) in [5.74, 6) is 1.79. The van der Waals surface area contributed by atoms with Gasteiger partial charge in [-0.25, -0.2) is 0 Å². The summed E-state index contributed by atoms with van der Waals surface area (Å²) in [5, 5.41) is 8.95. The molecule has 0 aliphatic carbocycles. The second-order valence-corrected chi connectivity index (χ2v) is 3.98. The van der Waals surface area contributed by atoms with Gasteiger partial charge in [-0.2, -0.15) is 0 Å². The summed E-state index contributed by atoms with van der Waals surface area (Å²) in [6.07, 6.45) is 0.873. The average molecular weight is 262 g/mol. The fraction of sp³-hybridized carbons (Fsp3) is 0.778. The van der Waals surface area contributed by atoms with Crippen LogP contribution in [0.15, 0.2) is 0 Å². The molecule has 14 heavy (non-hydrogen) atoms. The molecule has 1 heterocycles. The predicted octanol–water partition coefficient (Wildman–Crippen LogP) is 1.98. The first-order chi connectivity index (χ1) is 6.59. The van der Waals surface area contributed by atoms with Crippen molar-refractivity contribution in [2.75, 3.05) is 7.11 Å². The second kappa shape index (κ2) is 4.40. The Labute approximate surface area is 92.8 Å². The monoisotopic (exact) mass is 261 g/mol. The molecule has 0 aromatic carbocycles. The van der Waals surface area contributed by atoms with Crippen LogP contribution in [0.1, 0.15) is 31.9 Å². The Bertz CT molecular complexity index is 307. The van der Waals surface area contributed by atoms with Crippen LogP contribution >= 0.6 is 15.9 Å². The second-order valence-electron chi connectivity index (χ2n) is 3.42. The van der Waals surface area contributed by atoms with E-state index in [-0.39, 0.29) is 5.60 Å². The number of hydrogen-bond donors (Lipinski definition) is 0. The smallest absolute Gasteiger partial charge is 0.164 e. The van der Waals surface area contributed by atoms with E-state index >= 15 is 0 Å². The SMILES string of the molecule is CCC(C)(OC)c1nnc(CBr)n1C. The molecule has 1 aromatic rings. The van der Waals surface area contributed by atoms with Crippen molar-refractivity contribution in [2.24, 2.45) is 7.05 Å². The summed E-state index contributed by atoms with van der Waals surface area (Å²) in [5.41, 5.74) is -0.345. The number of nitrogens with zero attached hydrogens (tertiary/aromatic N) is 3. The number of alkyl halides is 1. The van der Waals surface area contributed by atoms with E-state index in [1.807, 2.05) is 18.5 Å². The first-order valence-corrected chi connectivity index (χ1v) is 5.71. The molecule has 1 unspecified atom stereocenters. The van der Waals surface area contributed by atoms with Gasteiger partial charge in [0.15, 0.2) is 5.82 Å². The van der Waals surface area contributed by atoms with Gasteiger partial charge in [0.1, 0.15) is 11.4 Å². The first kappa shape index (κ1) is 11.7. The van der Waals surface area contributed by atoms with Gasteiger partial charge in [0.2, 0.25) is 0 Å². The summed E-state index contributed by atoms with van der Waals surface area (Å²) in [4.78, 5) is 0. The molecule has 1 atom stereocenters. The molecule has 0 spiro atoms. The molecular formula is C9H16BrN3O. The van der Waals surface area contributed by atoms with Crippen molar-refractivity contribution >= 4 is 15.9 Å². The Morgan fingerprint density at radius 3 is 2.50 bits per heavy atom. The van der Waals surface area contributed by atoms with Gasteiger partial charge in [-0.1, -0.05) is 22.9 Å². The van der Waals surface area contributed by atoms with Crippen LogP contribution in [-0.2, 0) is 22.7 Å². The summed E-state index contributed by atoms with van der Waals surface area (Å²) in [6, 6.07) is 0. The molecule has 0 radical (unpaired) electrons. The Morgan fingerprint density at radius 1 is 1.50 bits per heavy atom. The molecule has 0 amide bonds. The van der Waals surface area contributed by atoms with Gasteiger partial charge in [-0.15, -0.1) is 10.2 Å². The molecule has 4 nitrogen and oxygen atoms in total. The summed E-state index contributed by atoms with van der Waals surface area (Å²) < 4.78 is 7.45. The van der Waals surface area contributed by atoms with Crippen LogP contribution in [0.25, 0.3) is 0 Å². The van der Waals surface area contributed by atoms with E-state index in [0.717, 1.165) is 18.1 Å². The number of halogens is 1. The highest BCUT2D eigenvalue weighted by atomic mass is 79.9. The Kier molecular flexibility index (Phi) is 3.66. The Balaban J connectivity index is 3.11. The van der Waals surface area contributed by atoms with Crippen LogP contribution in [0.4, 0.5) is 0 Å². The fourth-order valence-corrected chi connectivity index (χ4v) is 1.82. The summed E-state index contributed by atoms with van der Waals surface area (Å²) in [7, 11) is 3.66. The minimum absolute atomic E-state index is 0.345. The molecule has 80 valence electrons. The van der Waals surface area contributed by atoms with Crippen molar-refractivity contribution in [3.8, 4) is 0 Å². The van der Waals surface area contributed by atoms with E-state index in [1.54, 1.807) is 7.11 Å². The third-order valence-corrected chi connectivity index (χ3v) is 3.18. The van der Waals surface area contributed by atoms with Crippen LogP contribution in [0.5, 0.6) is 0 Å². The van der Waals surface area contributed by atoms with E-state index in [9.17, 15) is 0 Å². The van der Waals surface area contributed by atoms with Crippen molar-refractivity contribution in [3.05, 3.63) is 11.6 Å². The van der Waals surface area contributed by atoms with Crippen LogP contribution in [0.2, 0.25) is 0 Å². The van der Waals surface area contributed by atoms with Gasteiger partial charge in [-0.3, -0.25) is 0 Å². The molecule has 1 rings (SSSR count).